The van der Waals surface area contributed by atoms with Gasteiger partial charge in [-0.2, -0.15) is 18.4 Å². The van der Waals surface area contributed by atoms with Gasteiger partial charge in [0.2, 0.25) is 5.75 Å². The molecule has 178 valence electrons. The molecule has 0 aliphatic rings. The van der Waals surface area contributed by atoms with Gasteiger partial charge < -0.3 is 10.1 Å². The van der Waals surface area contributed by atoms with Crippen LogP contribution in [-0.2, 0) is 11.0 Å². The van der Waals surface area contributed by atoms with Crippen molar-refractivity contribution in [3.8, 4) is 17.6 Å². The Labute approximate surface area is 206 Å². The zero-order valence-corrected chi connectivity index (χ0v) is 18.8. The van der Waals surface area contributed by atoms with Gasteiger partial charge in [-0.1, -0.05) is 29.3 Å². The van der Waals surface area contributed by atoms with Crippen LogP contribution >= 0.6 is 23.2 Å². The summed E-state index contributed by atoms with van der Waals surface area (Å²) in [6.45, 7) is 0. The molecule has 0 heterocycles. The number of halogens is 5. The van der Waals surface area contributed by atoms with Crippen LogP contribution in [0, 0.1) is 21.4 Å². The van der Waals surface area contributed by atoms with Crippen LogP contribution in [0.5, 0.6) is 11.5 Å². The van der Waals surface area contributed by atoms with Crippen LogP contribution in [0.2, 0.25) is 10.0 Å². The number of nitro benzene ring substituents is 1. The van der Waals surface area contributed by atoms with Gasteiger partial charge in [-0.15, -0.1) is 0 Å². The third-order valence-electron chi connectivity index (χ3n) is 4.42. The Bertz CT molecular complexity index is 1390. The number of carbonyl (C=O) groups is 1. The van der Waals surface area contributed by atoms with E-state index >= 15 is 0 Å². The minimum Gasteiger partial charge on any atom is -0.449 e. The zero-order chi connectivity index (χ0) is 25.8. The van der Waals surface area contributed by atoms with Gasteiger partial charge in [-0.25, -0.2) is 0 Å². The van der Waals surface area contributed by atoms with Gasteiger partial charge in [0.15, 0.2) is 0 Å². The number of nitrogens with one attached hydrogen (secondary N) is 1. The van der Waals surface area contributed by atoms with E-state index in [1.54, 1.807) is 24.3 Å². The van der Waals surface area contributed by atoms with Crippen LogP contribution in [0.25, 0.3) is 6.08 Å². The molecule has 3 rings (SSSR count). The molecule has 0 radical (unpaired) electrons. The first kappa shape index (κ1) is 25.6. The van der Waals surface area contributed by atoms with Crippen LogP contribution in [0.4, 0.5) is 24.5 Å². The first-order valence-electron chi connectivity index (χ1n) is 9.49. The van der Waals surface area contributed by atoms with Crippen LogP contribution in [0.1, 0.15) is 11.1 Å². The first-order valence-corrected chi connectivity index (χ1v) is 10.3. The summed E-state index contributed by atoms with van der Waals surface area (Å²) in [6, 6.07) is 13.7. The van der Waals surface area contributed by atoms with E-state index < -0.39 is 34.0 Å². The van der Waals surface area contributed by atoms with Crippen molar-refractivity contribution in [3.63, 3.8) is 0 Å². The van der Waals surface area contributed by atoms with Crippen molar-refractivity contribution in [2.45, 2.75) is 6.18 Å². The van der Waals surface area contributed by atoms with Crippen LogP contribution in [0.15, 0.2) is 66.2 Å². The number of amides is 1. The van der Waals surface area contributed by atoms with E-state index in [-0.39, 0.29) is 21.9 Å². The number of nitriles is 1. The quantitative estimate of drug-likeness (QED) is 0.159. The van der Waals surface area contributed by atoms with E-state index in [1.165, 1.54) is 24.3 Å². The highest BCUT2D eigenvalue weighted by Crippen LogP contribution is 2.39. The van der Waals surface area contributed by atoms with E-state index in [0.29, 0.717) is 22.8 Å². The van der Waals surface area contributed by atoms with E-state index in [4.69, 9.17) is 27.9 Å². The van der Waals surface area contributed by atoms with Crippen LogP contribution in [-0.4, -0.2) is 10.8 Å². The summed E-state index contributed by atoms with van der Waals surface area (Å²) in [6.07, 6.45) is -3.67. The van der Waals surface area contributed by atoms with E-state index in [0.717, 1.165) is 12.1 Å². The second kappa shape index (κ2) is 10.5. The lowest BCUT2D eigenvalue weighted by Gasteiger charge is -2.12. The average molecular weight is 522 g/mol. The number of alkyl halides is 3. The Balaban J connectivity index is 1.99. The summed E-state index contributed by atoms with van der Waals surface area (Å²) < 4.78 is 44.4. The molecule has 0 unspecified atom stereocenters. The standard InChI is InChI=1S/C23H12Cl2F3N3O4/c24-16-2-1-3-18(11-16)30-22(32)14(12-29)8-13-9-17(25)5-7-20(13)35-21-6-4-15(23(26,27)28)10-19(21)31(33)34/h1-11H,(H,30,32)/b14-8+. The lowest BCUT2D eigenvalue weighted by atomic mass is 10.1. The highest BCUT2D eigenvalue weighted by molar-refractivity contribution is 6.31. The molecule has 12 heteroatoms. The minimum absolute atomic E-state index is 0.0736. The van der Waals surface area contributed by atoms with E-state index in [9.17, 15) is 33.3 Å². The molecule has 3 aromatic rings. The molecule has 35 heavy (non-hydrogen) atoms. The second-order valence-electron chi connectivity index (χ2n) is 6.86. The molecule has 1 amide bonds. The van der Waals surface area contributed by atoms with Gasteiger partial charge in [0.1, 0.15) is 17.4 Å². The fraction of sp³-hybridized carbons (Fsp3) is 0.0435. The topological polar surface area (TPSA) is 105 Å². The van der Waals surface area contributed by atoms with Crippen molar-refractivity contribution in [3.05, 3.63) is 97.5 Å². The molecule has 3 aromatic carbocycles. The largest absolute Gasteiger partial charge is 0.449 e. The highest BCUT2D eigenvalue weighted by atomic mass is 35.5. The number of nitro groups is 1. The molecule has 0 saturated carbocycles. The van der Waals surface area contributed by atoms with Crippen molar-refractivity contribution in [2.24, 2.45) is 0 Å². The fourth-order valence-corrected chi connectivity index (χ4v) is 3.21. The molecule has 0 aromatic heterocycles. The molecule has 0 atom stereocenters. The number of ether oxygens (including phenoxy) is 1. The van der Waals surface area contributed by atoms with E-state index in [2.05, 4.69) is 5.32 Å². The molecule has 1 N–H and O–H groups in total. The summed E-state index contributed by atoms with van der Waals surface area (Å²) >= 11 is 11.9. The number of carbonyl (C=O) groups excluding carboxylic acids is 1. The summed E-state index contributed by atoms with van der Waals surface area (Å²) in [5.74, 6) is -1.37. The normalized spacial score (nSPS) is 11.5. The molecule has 0 saturated heterocycles. The maximum Gasteiger partial charge on any atom is 0.416 e. The molecule has 0 aliphatic heterocycles. The Hall–Kier alpha value is -4.07. The lowest BCUT2D eigenvalue weighted by molar-refractivity contribution is -0.385. The SMILES string of the molecule is N#C/C(=C\c1cc(Cl)ccc1Oc1ccc(C(F)(F)F)cc1[N+](=O)[O-])C(=O)Nc1cccc(Cl)c1. The van der Waals surface area contributed by atoms with Gasteiger partial charge >= 0.3 is 11.9 Å². The van der Waals surface area contributed by atoms with E-state index in [1.807, 2.05) is 0 Å². The molecule has 0 bridgehead atoms. The monoisotopic (exact) mass is 521 g/mol. The molecule has 0 spiro atoms. The van der Waals surface area contributed by atoms with Crippen molar-refractivity contribution in [1.82, 2.24) is 0 Å². The van der Waals surface area contributed by atoms with Crippen molar-refractivity contribution in [2.75, 3.05) is 5.32 Å². The number of rotatable bonds is 6. The molecule has 0 aliphatic carbocycles. The van der Waals surface area contributed by atoms with Crippen molar-refractivity contribution >= 4 is 46.6 Å². The van der Waals surface area contributed by atoms with Gasteiger partial charge in [0.25, 0.3) is 5.91 Å². The summed E-state index contributed by atoms with van der Waals surface area (Å²) in [4.78, 5) is 22.9. The number of hydrogen-bond donors (Lipinski definition) is 1. The van der Waals surface area contributed by atoms with Gasteiger partial charge in [0.05, 0.1) is 10.5 Å². The predicted molar refractivity (Wildman–Crippen MR) is 123 cm³/mol. The summed E-state index contributed by atoms with van der Waals surface area (Å²) in [7, 11) is 0. The molecule has 0 fully saturated rings. The smallest absolute Gasteiger partial charge is 0.416 e. The van der Waals surface area contributed by atoms with Gasteiger partial charge in [-0.05, 0) is 54.6 Å². The Morgan fingerprint density at radius 2 is 1.74 bits per heavy atom. The third-order valence-corrected chi connectivity index (χ3v) is 4.89. The third kappa shape index (κ3) is 6.50. The predicted octanol–water partition coefficient (Wildman–Crippen LogP) is 7.26. The molecular formula is C23H12Cl2F3N3O4. The number of benzene rings is 3. The van der Waals surface area contributed by atoms with Crippen molar-refractivity contribution < 1.29 is 27.6 Å². The van der Waals surface area contributed by atoms with Gasteiger partial charge in [0, 0.05) is 27.4 Å². The minimum atomic E-state index is -4.80. The molecule has 7 nitrogen and oxygen atoms in total. The zero-order valence-electron chi connectivity index (χ0n) is 17.3. The Morgan fingerprint density at radius 1 is 1.06 bits per heavy atom. The van der Waals surface area contributed by atoms with Crippen LogP contribution < -0.4 is 10.1 Å². The summed E-state index contributed by atoms with van der Waals surface area (Å²) in [5.41, 5.74) is -2.13. The fourth-order valence-electron chi connectivity index (χ4n) is 2.83. The number of nitrogens with zero attached hydrogens (tertiary/aromatic N) is 2. The number of hydrogen-bond acceptors (Lipinski definition) is 5. The Morgan fingerprint density at radius 3 is 2.37 bits per heavy atom. The maximum atomic E-state index is 13.0. The summed E-state index contributed by atoms with van der Waals surface area (Å²) in [5, 5.41) is 23.9. The number of anilines is 1. The highest BCUT2D eigenvalue weighted by Gasteiger charge is 2.33. The van der Waals surface area contributed by atoms with Gasteiger partial charge in [-0.3, -0.25) is 14.9 Å². The first-order chi connectivity index (χ1) is 16.5. The van der Waals surface area contributed by atoms with Crippen molar-refractivity contribution in [1.29, 1.82) is 5.26 Å². The molecular weight excluding hydrogens is 510 g/mol. The Kier molecular flexibility index (Phi) is 7.64. The lowest BCUT2D eigenvalue weighted by Crippen LogP contribution is -2.13. The second-order valence-corrected chi connectivity index (χ2v) is 7.73. The maximum absolute atomic E-state index is 13.0. The van der Waals surface area contributed by atoms with Crippen LogP contribution in [0.3, 0.4) is 0 Å². The average Bonchev–Trinajstić information content (AvgIpc) is 2.78.